The van der Waals surface area contributed by atoms with Crippen molar-refractivity contribution < 1.29 is 18.3 Å². The molecule has 1 fully saturated rings. The molecule has 0 radical (unpaired) electrons. The van der Waals surface area contributed by atoms with E-state index in [1.807, 2.05) is 11.0 Å². The molecule has 0 saturated carbocycles. The summed E-state index contributed by atoms with van der Waals surface area (Å²) in [5.41, 5.74) is 0. The Kier molecular flexibility index (Phi) is 5.27. The molecule has 0 bridgehead atoms. The fraction of sp³-hybridized carbons (Fsp3) is 0.278. The van der Waals surface area contributed by atoms with E-state index in [-0.39, 0.29) is 18.3 Å². The van der Waals surface area contributed by atoms with Crippen LogP contribution in [0.5, 0.6) is 5.75 Å². The number of carbonyl (C=O) groups excluding carboxylic acids is 1. The lowest BCUT2D eigenvalue weighted by Crippen LogP contribution is -2.50. The number of rotatable bonds is 5. The van der Waals surface area contributed by atoms with Crippen molar-refractivity contribution in [1.82, 2.24) is 29.9 Å². The third-order valence-corrected chi connectivity index (χ3v) is 4.49. The lowest BCUT2D eigenvalue weighted by molar-refractivity contribution is -0.133. The van der Waals surface area contributed by atoms with Crippen LogP contribution in [0, 0.1) is 11.6 Å². The van der Waals surface area contributed by atoms with Crippen LogP contribution >= 0.6 is 0 Å². The average molecular weight is 401 g/mol. The van der Waals surface area contributed by atoms with Crippen molar-refractivity contribution in [2.24, 2.45) is 0 Å². The van der Waals surface area contributed by atoms with E-state index < -0.39 is 11.6 Å². The van der Waals surface area contributed by atoms with Gasteiger partial charge in [-0.05, 0) is 24.3 Å². The fourth-order valence-electron chi connectivity index (χ4n) is 2.94. The van der Waals surface area contributed by atoms with Crippen molar-refractivity contribution in [2.45, 2.75) is 0 Å². The van der Waals surface area contributed by atoms with Gasteiger partial charge in [0.15, 0.2) is 29.8 Å². The molecule has 1 amide bonds. The molecule has 9 nitrogen and oxygen atoms in total. The van der Waals surface area contributed by atoms with Gasteiger partial charge in [-0.3, -0.25) is 4.79 Å². The number of hydrogen-bond donors (Lipinski definition) is 0. The number of piperazine rings is 1. The normalized spacial score (nSPS) is 14.1. The number of nitrogens with zero attached hydrogens (tertiary/aromatic N) is 7. The molecule has 4 rings (SSSR count). The second-order valence-corrected chi connectivity index (χ2v) is 6.32. The highest BCUT2D eigenvalue weighted by molar-refractivity contribution is 5.78. The molecule has 1 aliphatic heterocycles. The minimum absolute atomic E-state index is 0.152. The maximum Gasteiger partial charge on any atom is 0.260 e. The lowest BCUT2D eigenvalue weighted by atomic mass is 10.3. The molecule has 0 aliphatic carbocycles. The summed E-state index contributed by atoms with van der Waals surface area (Å²) in [6.45, 7) is 1.79. The molecule has 0 atom stereocenters. The van der Waals surface area contributed by atoms with Crippen LogP contribution in [0.3, 0.4) is 0 Å². The summed E-state index contributed by atoms with van der Waals surface area (Å²) >= 11 is 0. The highest BCUT2D eigenvalue weighted by Crippen LogP contribution is 2.18. The molecule has 0 unspecified atom stereocenters. The van der Waals surface area contributed by atoms with Gasteiger partial charge in [-0.15, -0.1) is 10.2 Å². The van der Waals surface area contributed by atoms with Crippen LogP contribution in [0.4, 0.5) is 14.6 Å². The first-order valence-electron chi connectivity index (χ1n) is 8.89. The number of aromatic nitrogens is 5. The van der Waals surface area contributed by atoms with Crippen molar-refractivity contribution in [3.63, 3.8) is 0 Å². The Morgan fingerprint density at radius 3 is 2.45 bits per heavy atom. The standard InChI is InChI=1S/C18H17F2N7O2/c19-13-1-2-15(14(20)9-13)29-10-18(28)26-7-5-25(6-8-26)16-3-4-17(24-23-16)27-12-21-11-22-27/h1-4,9,11-12H,5-8,10H2. The molecule has 29 heavy (non-hydrogen) atoms. The minimum Gasteiger partial charge on any atom is -0.481 e. The van der Waals surface area contributed by atoms with E-state index in [0.29, 0.717) is 43.9 Å². The van der Waals surface area contributed by atoms with Crippen molar-refractivity contribution in [1.29, 1.82) is 0 Å². The zero-order valence-electron chi connectivity index (χ0n) is 15.3. The third kappa shape index (κ3) is 4.28. The van der Waals surface area contributed by atoms with Crippen LogP contribution < -0.4 is 9.64 Å². The van der Waals surface area contributed by atoms with Gasteiger partial charge in [0, 0.05) is 32.2 Å². The quantitative estimate of drug-likeness (QED) is 0.632. The molecule has 11 heteroatoms. The molecule has 3 aromatic rings. The van der Waals surface area contributed by atoms with Gasteiger partial charge in [0.2, 0.25) is 0 Å². The van der Waals surface area contributed by atoms with Crippen LogP contribution in [0.25, 0.3) is 5.82 Å². The van der Waals surface area contributed by atoms with Crippen molar-refractivity contribution in [3.05, 3.63) is 54.6 Å². The van der Waals surface area contributed by atoms with Gasteiger partial charge >= 0.3 is 0 Å². The number of hydrogen-bond acceptors (Lipinski definition) is 7. The van der Waals surface area contributed by atoms with Gasteiger partial charge < -0.3 is 14.5 Å². The topological polar surface area (TPSA) is 89.3 Å². The van der Waals surface area contributed by atoms with E-state index in [1.54, 1.807) is 11.0 Å². The van der Waals surface area contributed by atoms with Crippen LogP contribution in [-0.4, -0.2) is 68.6 Å². The van der Waals surface area contributed by atoms with E-state index in [1.165, 1.54) is 17.3 Å². The summed E-state index contributed by atoms with van der Waals surface area (Å²) in [6, 6.07) is 6.59. The van der Waals surface area contributed by atoms with Crippen LogP contribution in [-0.2, 0) is 4.79 Å². The largest absolute Gasteiger partial charge is 0.481 e. The number of ether oxygens (including phenoxy) is 1. The molecular weight excluding hydrogens is 384 g/mol. The van der Waals surface area contributed by atoms with Crippen molar-refractivity contribution in [2.75, 3.05) is 37.7 Å². The van der Waals surface area contributed by atoms with Crippen molar-refractivity contribution in [3.8, 4) is 11.6 Å². The summed E-state index contributed by atoms with van der Waals surface area (Å²) < 4.78 is 33.2. The maximum absolute atomic E-state index is 13.6. The Balaban J connectivity index is 1.29. The smallest absolute Gasteiger partial charge is 0.260 e. The Labute approximate surface area is 164 Å². The maximum atomic E-state index is 13.6. The van der Waals surface area contributed by atoms with E-state index in [0.717, 1.165) is 12.1 Å². The van der Waals surface area contributed by atoms with Gasteiger partial charge in [-0.1, -0.05) is 0 Å². The second-order valence-electron chi connectivity index (χ2n) is 6.32. The first-order valence-corrected chi connectivity index (χ1v) is 8.89. The zero-order chi connectivity index (χ0) is 20.2. The number of halogens is 2. The Bertz CT molecular complexity index is 974. The fourth-order valence-corrected chi connectivity index (χ4v) is 2.94. The van der Waals surface area contributed by atoms with E-state index in [4.69, 9.17) is 4.74 Å². The number of anilines is 1. The minimum atomic E-state index is -0.837. The van der Waals surface area contributed by atoms with Crippen LogP contribution in [0.15, 0.2) is 43.0 Å². The molecular formula is C18H17F2N7O2. The van der Waals surface area contributed by atoms with Gasteiger partial charge in [0.25, 0.3) is 5.91 Å². The Morgan fingerprint density at radius 2 is 1.79 bits per heavy atom. The second kappa shape index (κ2) is 8.17. The predicted molar refractivity (Wildman–Crippen MR) is 97.6 cm³/mol. The highest BCUT2D eigenvalue weighted by atomic mass is 19.1. The first-order chi connectivity index (χ1) is 14.1. The van der Waals surface area contributed by atoms with Gasteiger partial charge in [0.1, 0.15) is 18.5 Å². The summed E-state index contributed by atoms with van der Waals surface area (Å²) in [4.78, 5) is 19.8. The average Bonchev–Trinajstić information content (AvgIpc) is 3.28. The Morgan fingerprint density at radius 1 is 1.03 bits per heavy atom. The lowest BCUT2D eigenvalue weighted by Gasteiger charge is -2.35. The van der Waals surface area contributed by atoms with Crippen LogP contribution in [0.2, 0.25) is 0 Å². The van der Waals surface area contributed by atoms with E-state index >= 15 is 0 Å². The molecule has 0 spiro atoms. The van der Waals surface area contributed by atoms with Gasteiger partial charge in [-0.2, -0.15) is 5.10 Å². The van der Waals surface area contributed by atoms with E-state index in [2.05, 4.69) is 20.3 Å². The summed E-state index contributed by atoms with van der Waals surface area (Å²) in [5, 5.41) is 12.3. The van der Waals surface area contributed by atoms with Crippen molar-refractivity contribution >= 4 is 11.7 Å². The zero-order valence-corrected chi connectivity index (χ0v) is 15.3. The molecule has 2 aromatic heterocycles. The summed E-state index contributed by atoms with van der Waals surface area (Å²) in [5.74, 6) is -0.691. The predicted octanol–water partition coefficient (Wildman–Crippen LogP) is 1.06. The van der Waals surface area contributed by atoms with Gasteiger partial charge in [-0.25, -0.2) is 18.4 Å². The summed E-state index contributed by atoms with van der Waals surface area (Å²) in [6.07, 6.45) is 2.95. The first kappa shape index (κ1) is 18.7. The van der Waals surface area contributed by atoms with Gasteiger partial charge in [0.05, 0.1) is 0 Å². The Hall–Kier alpha value is -3.63. The number of amides is 1. The molecule has 0 N–H and O–H groups in total. The molecule has 1 saturated heterocycles. The highest BCUT2D eigenvalue weighted by Gasteiger charge is 2.23. The molecule has 3 heterocycles. The molecule has 150 valence electrons. The molecule has 1 aliphatic rings. The number of benzene rings is 1. The summed E-state index contributed by atoms with van der Waals surface area (Å²) in [7, 11) is 0. The molecule has 1 aromatic carbocycles. The monoisotopic (exact) mass is 401 g/mol. The van der Waals surface area contributed by atoms with Crippen LogP contribution in [0.1, 0.15) is 0 Å². The third-order valence-electron chi connectivity index (χ3n) is 4.49. The SMILES string of the molecule is O=C(COc1ccc(F)cc1F)N1CCN(c2ccc(-n3cncn3)nn2)CC1. The van der Waals surface area contributed by atoms with E-state index in [9.17, 15) is 13.6 Å². The number of carbonyl (C=O) groups is 1.